The molecule has 0 aliphatic heterocycles. The number of aryl methyl sites for hydroxylation is 1. The molecule has 0 aromatic heterocycles. The Morgan fingerprint density at radius 2 is 1.70 bits per heavy atom. The summed E-state index contributed by atoms with van der Waals surface area (Å²) in [6, 6.07) is 14.4. The smallest absolute Gasteiger partial charge is 0.240 e. The van der Waals surface area contributed by atoms with E-state index in [0.717, 1.165) is 22.0 Å². The molecule has 1 amide bonds. The summed E-state index contributed by atoms with van der Waals surface area (Å²) in [6.45, 7) is 4.28. The van der Waals surface area contributed by atoms with Gasteiger partial charge in [-0.05, 0) is 55.2 Å². The second-order valence-corrected chi connectivity index (χ2v) is 9.07. The second-order valence-electron chi connectivity index (χ2n) is 6.38. The molecule has 27 heavy (non-hydrogen) atoms. The third-order valence-corrected chi connectivity index (χ3v) is 6.17. The van der Waals surface area contributed by atoms with Crippen LogP contribution in [-0.4, -0.2) is 20.9 Å². The standard InChI is InChI=1S/C20H25BrN2O3S/c1-3-14-22-27(25,26)19-11-4-16(5-12-19)6-13-20(24)23-15(2)17-7-9-18(21)10-8-17/h4-5,7-12,15,22H,3,6,13-14H2,1-2H3,(H,23,24). The maximum atomic E-state index is 12.2. The summed E-state index contributed by atoms with van der Waals surface area (Å²) in [5.74, 6) is -0.0354. The SMILES string of the molecule is CCCNS(=O)(=O)c1ccc(CCC(=O)NC(C)c2ccc(Br)cc2)cc1. The van der Waals surface area contributed by atoms with E-state index in [2.05, 4.69) is 26.0 Å². The number of carbonyl (C=O) groups is 1. The number of sulfonamides is 1. The Bertz CT molecular complexity index is 850. The van der Waals surface area contributed by atoms with Gasteiger partial charge in [-0.25, -0.2) is 13.1 Å². The van der Waals surface area contributed by atoms with Crippen molar-refractivity contribution in [3.63, 3.8) is 0 Å². The monoisotopic (exact) mass is 452 g/mol. The average molecular weight is 453 g/mol. The zero-order valence-corrected chi connectivity index (χ0v) is 17.9. The lowest BCUT2D eigenvalue weighted by atomic mass is 10.1. The molecule has 0 aliphatic rings. The Labute approximate surface area is 169 Å². The molecule has 1 unspecified atom stereocenters. The van der Waals surface area contributed by atoms with E-state index in [9.17, 15) is 13.2 Å². The number of rotatable bonds is 9. The zero-order chi connectivity index (χ0) is 19.9. The number of benzene rings is 2. The highest BCUT2D eigenvalue weighted by atomic mass is 79.9. The Hall–Kier alpha value is -1.70. The molecule has 0 bridgehead atoms. The fourth-order valence-corrected chi connectivity index (χ4v) is 3.96. The van der Waals surface area contributed by atoms with Gasteiger partial charge < -0.3 is 5.32 Å². The molecule has 0 spiro atoms. The molecule has 0 aliphatic carbocycles. The first kappa shape index (κ1) is 21.6. The van der Waals surface area contributed by atoms with Crippen LogP contribution in [0.25, 0.3) is 0 Å². The van der Waals surface area contributed by atoms with Crippen molar-refractivity contribution in [2.24, 2.45) is 0 Å². The normalized spacial score (nSPS) is 12.6. The summed E-state index contributed by atoms with van der Waals surface area (Å²) in [6.07, 6.45) is 1.65. The highest BCUT2D eigenvalue weighted by molar-refractivity contribution is 9.10. The third kappa shape index (κ3) is 6.75. The summed E-state index contributed by atoms with van der Waals surface area (Å²) < 4.78 is 27.7. The number of hydrogen-bond donors (Lipinski definition) is 2. The molecule has 2 aromatic rings. The lowest BCUT2D eigenvalue weighted by molar-refractivity contribution is -0.121. The van der Waals surface area contributed by atoms with Gasteiger partial charge in [0.25, 0.3) is 0 Å². The first-order valence-electron chi connectivity index (χ1n) is 8.95. The van der Waals surface area contributed by atoms with E-state index in [0.29, 0.717) is 19.4 Å². The van der Waals surface area contributed by atoms with Crippen LogP contribution in [0.1, 0.15) is 43.9 Å². The van der Waals surface area contributed by atoms with Crippen LogP contribution in [0.3, 0.4) is 0 Å². The van der Waals surface area contributed by atoms with E-state index in [1.54, 1.807) is 24.3 Å². The van der Waals surface area contributed by atoms with Crippen molar-refractivity contribution in [3.8, 4) is 0 Å². The number of nitrogens with one attached hydrogen (secondary N) is 2. The summed E-state index contributed by atoms with van der Waals surface area (Å²) >= 11 is 3.40. The van der Waals surface area contributed by atoms with Crippen LogP contribution in [0.15, 0.2) is 57.9 Å². The predicted octanol–water partition coefficient (Wildman–Crippen LogP) is 3.95. The van der Waals surface area contributed by atoms with E-state index in [4.69, 9.17) is 0 Å². The molecule has 7 heteroatoms. The molecule has 2 aromatic carbocycles. The molecule has 5 nitrogen and oxygen atoms in total. The fourth-order valence-electron chi connectivity index (χ4n) is 2.56. The molecule has 0 saturated carbocycles. The zero-order valence-electron chi connectivity index (χ0n) is 15.5. The van der Waals surface area contributed by atoms with Gasteiger partial charge in [-0.15, -0.1) is 0 Å². The molecular formula is C20H25BrN2O3S. The Balaban J connectivity index is 1.87. The number of halogens is 1. The molecule has 0 fully saturated rings. The second kappa shape index (κ2) is 10.0. The van der Waals surface area contributed by atoms with Gasteiger partial charge in [-0.3, -0.25) is 4.79 Å². The van der Waals surface area contributed by atoms with Crippen molar-refractivity contribution in [1.29, 1.82) is 0 Å². The number of carbonyl (C=O) groups excluding carboxylic acids is 1. The summed E-state index contributed by atoms with van der Waals surface area (Å²) in [5, 5.41) is 2.98. The lowest BCUT2D eigenvalue weighted by Gasteiger charge is -2.14. The van der Waals surface area contributed by atoms with Crippen LogP contribution < -0.4 is 10.0 Å². The van der Waals surface area contributed by atoms with Gasteiger partial charge in [-0.2, -0.15) is 0 Å². The van der Waals surface area contributed by atoms with Crippen LogP contribution in [0.5, 0.6) is 0 Å². The Morgan fingerprint density at radius 3 is 2.30 bits per heavy atom. The van der Waals surface area contributed by atoms with Crippen molar-refractivity contribution >= 4 is 31.9 Å². The Kier molecular flexibility index (Phi) is 8.01. The van der Waals surface area contributed by atoms with Crippen LogP contribution >= 0.6 is 15.9 Å². The molecule has 146 valence electrons. The lowest BCUT2D eigenvalue weighted by Crippen LogP contribution is -2.26. The van der Waals surface area contributed by atoms with Gasteiger partial charge in [0, 0.05) is 17.4 Å². The minimum Gasteiger partial charge on any atom is -0.350 e. The third-order valence-electron chi connectivity index (χ3n) is 4.16. The highest BCUT2D eigenvalue weighted by Gasteiger charge is 2.13. The molecular weight excluding hydrogens is 428 g/mol. The quantitative estimate of drug-likeness (QED) is 0.604. The summed E-state index contributed by atoms with van der Waals surface area (Å²) in [4.78, 5) is 12.4. The van der Waals surface area contributed by atoms with Crippen LogP contribution in [-0.2, 0) is 21.2 Å². The van der Waals surface area contributed by atoms with E-state index in [1.165, 1.54) is 0 Å². The Morgan fingerprint density at radius 1 is 1.07 bits per heavy atom. The maximum absolute atomic E-state index is 12.2. The minimum atomic E-state index is -3.45. The first-order valence-corrected chi connectivity index (χ1v) is 11.2. The van der Waals surface area contributed by atoms with E-state index < -0.39 is 10.0 Å². The fraction of sp³-hybridized carbons (Fsp3) is 0.350. The molecule has 2 rings (SSSR count). The van der Waals surface area contributed by atoms with Gasteiger partial charge >= 0.3 is 0 Å². The van der Waals surface area contributed by atoms with Crippen LogP contribution in [0, 0.1) is 0 Å². The number of hydrogen-bond acceptors (Lipinski definition) is 3. The minimum absolute atomic E-state index is 0.0354. The molecule has 0 saturated heterocycles. The van der Waals surface area contributed by atoms with Crippen LogP contribution in [0.2, 0.25) is 0 Å². The van der Waals surface area contributed by atoms with Crippen molar-refractivity contribution < 1.29 is 13.2 Å². The topological polar surface area (TPSA) is 75.3 Å². The molecule has 0 radical (unpaired) electrons. The van der Waals surface area contributed by atoms with Gasteiger partial charge in [0.05, 0.1) is 10.9 Å². The van der Waals surface area contributed by atoms with E-state index in [1.807, 2.05) is 38.1 Å². The predicted molar refractivity (Wildman–Crippen MR) is 111 cm³/mol. The maximum Gasteiger partial charge on any atom is 0.240 e. The number of amides is 1. The largest absolute Gasteiger partial charge is 0.350 e. The van der Waals surface area contributed by atoms with Crippen LogP contribution in [0.4, 0.5) is 0 Å². The molecule has 2 N–H and O–H groups in total. The average Bonchev–Trinajstić information content (AvgIpc) is 2.65. The van der Waals surface area contributed by atoms with Crippen molar-refractivity contribution in [3.05, 3.63) is 64.1 Å². The van der Waals surface area contributed by atoms with Gasteiger partial charge in [-0.1, -0.05) is 47.1 Å². The first-order chi connectivity index (χ1) is 12.8. The molecule has 0 heterocycles. The summed E-state index contributed by atoms with van der Waals surface area (Å²) in [5.41, 5.74) is 1.97. The van der Waals surface area contributed by atoms with Gasteiger partial charge in [0.1, 0.15) is 0 Å². The van der Waals surface area contributed by atoms with E-state index >= 15 is 0 Å². The van der Waals surface area contributed by atoms with Crippen molar-refractivity contribution in [2.75, 3.05) is 6.54 Å². The van der Waals surface area contributed by atoms with Crippen molar-refractivity contribution in [2.45, 2.75) is 44.0 Å². The molecule has 1 atom stereocenters. The highest BCUT2D eigenvalue weighted by Crippen LogP contribution is 2.17. The summed E-state index contributed by atoms with van der Waals surface area (Å²) in [7, 11) is -3.45. The van der Waals surface area contributed by atoms with Gasteiger partial charge in [0.2, 0.25) is 15.9 Å². The van der Waals surface area contributed by atoms with E-state index in [-0.39, 0.29) is 16.8 Å². The van der Waals surface area contributed by atoms with Crippen molar-refractivity contribution in [1.82, 2.24) is 10.0 Å². The van der Waals surface area contributed by atoms with Gasteiger partial charge in [0.15, 0.2) is 0 Å².